The van der Waals surface area contributed by atoms with Gasteiger partial charge in [-0.2, -0.15) is 0 Å². The molecule has 0 radical (unpaired) electrons. The summed E-state index contributed by atoms with van der Waals surface area (Å²) in [5.41, 5.74) is 4.58. The maximum Gasteiger partial charge on any atom is 0.230 e. The molecule has 1 saturated heterocycles. The second kappa shape index (κ2) is 7.35. The van der Waals surface area contributed by atoms with Crippen LogP contribution in [-0.4, -0.2) is 37.5 Å². The number of amides is 1. The second-order valence-electron chi connectivity index (χ2n) is 8.29. The number of piperidine rings is 1. The molecule has 2 aliphatic rings. The maximum absolute atomic E-state index is 13.0. The van der Waals surface area contributed by atoms with Crippen LogP contribution in [0.4, 0.5) is 11.4 Å². The minimum absolute atomic E-state index is 0.155. The Morgan fingerprint density at radius 3 is 2.56 bits per heavy atom. The largest absolute Gasteiger partial charge is 0.374 e. The Bertz CT molecular complexity index is 810. The summed E-state index contributed by atoms with van der Waals surface area (Å²) in [4.78, 5) is 17.7. The molecule has 0 unspecified atom stereocenters. The first-order valence-corrected chi connectivity index (χ1v) is 9.95. The molecule has 2 aliphatic heterocycles. The van der Waals surface area contributed by atoms with Gasteiger partial charge in [0.25, 0.3) is 0 Å². The zero-order valence-electron chi connectivity index (χ0n) is 16.4. The van der Waals surface area contributed by atoms with Crippen LogP contribution in [0.15, 0.2) is 48.5 Å². The Balaban J connectivity index is 1.36. The van der Waals surface area contributed by atoms with Crippen molar-refractivity contribution in [2.24, 2.45) is 5.41 Å². The van der Waals surface area contributed by atoms with Crippen LogP contribution in [0.1, 0.15) is 30.9 Å². The van der Waals surface area contributed by atoms with Crippen LogP contribution in [-0.2, 0) is 17.8 Å². The molecule has 0 bridgehead atoms. The zero-order chi connectivity index (χ0) is 18.9. The first kappa shape index (κ1) is 18.1. The summed E-state index contributed by atoms with van der Waals surface area (Å²) < 4.78 is 0. The van der Waals surface area contributed by atoms with E-state index in [1.54, 1.807) is 0 Å². The third-order valence-electron chi connectivity index (χ3n) is 6.23. The van der Waals surface area contributed by atoms with Crippen molar-refractivity contribution in [2.45, 2.75) is 32.7 Å². The molecule has 0 saturated carbocycles. The number of carbonyl (C=O) groups is 1. The predicted molar refractivity (Wildman–Crippen MR) is 111 cm³/mol. The smallest absolute Gasteiger partial charge is 0.230 e. The van der Waals surface area contributed by atoms with Gasteiger partial charge >= 0.3 is 0 Å². The number of nitrogens with zero attached hydrogens (tertiary/aromatic N) is 2. The monoisotopic (exact) mass is 363 g/mol. The lowest BCUT2D eigenvalue weighted by atomic mass is 9.79. The van der Waals surface area contributed by atoms with Crippen molar-refractivity contribution in [3.05, 3.63) is 59.7 Å². The molecule has 0 aromatic heterocycles. The van der Waals surface area contributed by atoms with E-state index < -0.39 is 0 Å². The molecule has 0 aliphatic carbocycles. The first-order valence-electron chi connectivity index (χ1n) is 9.95. The number of hydrogen-bond acceptors (Lipinski definition) is 3. The molecular formula is C23H29N3O. The molecule has 2 aromatic carbocycles. The molecule has 1 N–H and O–H groups in total. The fourth-order valence-corrected chi connectivity index (χ4v) is 4.17. The molecule has 2 aromatic rings. The average molecular weight is 364 g/mol. The molecule has 4 nitrogen and oxygen atoms in total. The summed E-state index contributed by atoms with van der Waals surface area (Å²) in [5.74, 6) is 0.155. The van der Waals surface area contributed by atoms with Crippen molar-refractivity contribution in [1.29, 1.82) is 0 Å². The van der Waals surface area contributed by atoms with Crippen LogP contribution >= 0.6 is 0 Å². The SMILES string of the molecule is CN1CCc2ccc(NC(=O)C3(C)CCN(Cc4ccccc4)CC3)cc21. The van der Waals surface area contributed by atoms with E-state index in [1.807, 2.05) is 6.07 Å². The van der Waals surface area contributed by atoms with Gasteiger partial charge in [-0.1, -0.05) is 43.3 Å². The van der Waals surface area contributed by atoms with Crippen LogP contribution in [0.5, 0.6) is 0 Å². The van der Waals surface area contributed by atoms with E-state index in [2.05, 4.69) is 71.6 Å². The third kappa shape index (κ3) is 3.86. The Kier molecular flexibility index (Phi) is 4.92. The molecule has 0 atom stereocenters. The normalized spacial score (nSPS) is 19.0. The molecule has 27 heavy (non-hydrogen) atoms. The molecule has 4 heteroatoms. The molecule has 4 rings (SSSR count). The lowest BCUT2D eigenvalue weighted by Crippen LogP contribution is -2.44. The number of likely N-dealkylation sites (N-methyl/N-ethyl adjacent to an activating group) is 1. The molecule has 0 spiro atoms. The van der Waals surface area contributed by atoms with Gasteiger partial charge in [0.1, 0.15) is 0 Å². The Hall–Kier alpha value is -2.33. The number of hydrogen-bond donors (Lipinski definition) is 1. The van der Waals surface area contributed by atoms with Crippen molar-refractivity contribution in [3.63, 3.8) is 0 Å². The van der Waals surface area contributed by atoms with E-state index in [0.29, 0.717) is 0 Å². The van der Waals surface area contributed by atoms with Crippen LogP contribution in [0.2, 0.25) is 0 Å². The Morgan fingerprint density at radius 2 is 1.81 bits per heavy atom. The van der Waals surface area contributed by atoms with Crippen LogP contribution in [0.3, 0.4) is 0 Å². The lowest BCUT2D eigenvalue weighted by Gasteiger charge is -2.38. The van der Waals surface area contributed by atoms with E-state index in [9.17, 15) is 4.79 Å². The van der Waals surface area contributed by atoms with E-state index >= 15 is 0 Å². The van der Waals surface area contributed by atoms with Gasteiger partial charge in [0.05, 0.1) is 0 Å². The highest BCUT2D eigenvalue weighted by atomic mass is 16.2. The predicted octanol–water partition coefficient (Wildman–Crippen LogP) is 3.92. The molecule has 142 valence electrons. The van der Waals surface area contributed by atoms with Gasteiger partial charge in [-0.25, -0.2) is 0 Å². The highest BCUT2D eigenvalue weighted by Crippen LogP contribution is 2.34. The summed E-state index contributed by atoms with van der Waals surface area (Å²) in [5, 5.41) is 3.18. The summed E-state index contributed by atoms with van der Waals surface area (Å²) in [7, 11) is 2.11. The zero-order valence-corrected chi connectivity index (χ0v) is 16.4. The van der Waals surface area contributed by atoms with Crippen molar-refractivity contribution in [2.75, 3.05) is 36.9 Å². The summed E-state index contributed by atoms with van der Waals surface area (Å²) >= 11 is 0. The maximum atomic E-state index is 13.0. The Morgan fingerprint density at radius 1 is 1.07 bits per heavy atom. The summed E-state index contributed by atoms with van der Waals surface area (Å²) in [6.07, 6.45) is 2.89. The van der Waals surface area contributed by atoms with Crippen molar-refractivity contribution < 1.29 is 4.79 Å². The fraction of sp³-hybridized carbons (Fsp3) is 0.435. The topological polar surface area (TPSA) is 35.6 Å². The van der Waals surface area contributed by atoms with Gasteiger partial charge < -0.3 is 10.2 Å². The van der Waals surface area contributed by atoms with Gasteiger partial charge in [0.15, 0.2) is 0 Å². The summed E-state index contributed by atoms with van der Waals surface area (Å²) in [6.45, 7) is 6.07. The molecule has 1 fully saturated rings. The van der Waals surface area contributed by atoms with E-state index in [4.69, 9.17) is 0 Å². The number of anilines is 2. The second-order valence-corrected chi connectivity index (χ2v) is 8.29. The number of benzene rings is 2. The molecule has 2 heterocycles. The van der Waals surface area contributed by atoms with Crippen LogP contribution in [0, 0.1) is 5.41 Å². The van der Waals surface area contributed by atoms with Gasteiger partial charge in [0, 0.05) is 36.9 Å². The standard InChI is InChI=1S/C23H29N3O/c1-23(11-14-26(15-12-23)17-18-6-4-3-5-7-18)22(27)24-20-9-8-19-10-13-25(2)21(19)16-20/h3-9,16H,10-15,17H2,1-2H3,(H,24,27). The highest BCUT2D eigenvalue weighted by Gasteiger charge is 2.37. The van der Waals surface area contributed by atoms with Crippen molar-refractivity contribution in [3.8, 4) is 0 Å². The highest BCUT2D eigenvalue weighted by molar-refractivity contribution is 5.95. The van der Waals surface area contributed by atoms with Crippen LogP contribution in [0.25, 0.3) is 0 Å². The number of carbonyl (C=O) groups excluding carboxylic acids is 1. The quantitative estimate of drug-likeness (QED) is 0.894. The number of likely N-dealkylation sites (tertiary alicyclic amines) is 1. The van der Waals surface area contributed by atoms with Gasteiger partial charge in [-0.15, -0.1) is 0 Å². The van der Waals surface area contributed by atoms with E-state index in [0.717, 1.165) is 51.1 Å². The summed E-state index contributed by atoms with van der Waals surface area (Å²) in [6, 6.07) is 16.9. The average Bonchev–Trinajstić information content (AvgIpc) is 3.05. The van der Waals surface area contributed by atoms with Crippen LogP contribution < -0.4 is 10.2 Å². The first-order chi connectivity index (χ1) is 13.0. The number of rotatable bonds is 4. The molecular weight excluding hydrogens is 334 g/mol. The Labute approximate surface area is 162 Å². The van der Waals surface area contributed by atoms with E-state index in [-0.39, 0.29) is 11.3 Å². The minimum atomic E-state index is -0.294. The minimum Gasteiger partial charge on any atom is -0.374 e. The third-order valence-corrected chi connectivity index (χ3v) is 6.23. The van der Waals surface area contributed by atoms with Crippen molar-refractivity contribution >= 4 is 17.3 Å². The number of fused-ring (bicyclic) bond motifs is 1. The van der Waals surface area contributed by atoms with Gasteiger partial charge in [-0.3, -0.25) is 9.69 Å². The van der Waals surface area contributed by atoms with Gasteiger partial charge in [0.2, 0.25) is 5.91 Å². The van der Waals surface area contributed by atoms with E-state index in [1.165, 1.54) is 16.8 Å². The number of nitrogens with one attached hydrogen (secondary N) is 1. The van der Waals surface area contributed by atoms with Crippen molar-refractivity contribution in [1.82, 2.24) is 4.90 Å². The lowest BCUT2D eigenvalue weighted by molar-refractivity contribution is -0.127. The fourth-order valence-electron chi connectivity index (χ4n) is 4.17. The molecule has 1 amide bonds. The van der Waals surface area contributed by atoms with Gasteiger partial charge in [-0.05, 0) is 55.6 Å².